The van der Waals surface area contributed by atoms with Crippen LogP contribution in [0.25, 0.3) is 0 Å². The molecule has 0 radical (unpaired) electrons. The zero-order valence-corrected chi connectivity index (χ0v) is 10.8. The van der Waals surface area contributed by atoms with Gasteiger partial charge >= 0.3 is 11.9 Å². The van der Waals surface area contributed by atoms with Crippen LogP contribution in [0.4, 0.5) is 0 Å². The summed E-state index contributed by atoms with van der Waals surface area (Å²) in [5, 5.41) is 0. The maximum absolute atomic E-state index is 11.7. The van der Waals surface area contributed by atoms with Crippen molar-refractivity contribution in [3.63, 3.8) is 0 Å². The molecule has 100 valence electrons. The highest BCUT2D eigenvalue weighted by molar-refractivity contribution is 5.93. The van der Waals surface area contributed by atoms with Gasteiger partial charge in [0.25, 0.3) is 0 Å². The van der Waals surface area contributed by atoms with E-state index in [2.05, 4.69) is 12.3 Å². The molecule has 1 aromatic rings. The highest BCUT2D eigenvalue weighted by Crippen LogP contribution is 2.07. The summed E-state index contributed by atoms with van der Waals surface area (Å²) in [5.41, 5.74) is 3.37. The number of benzene rings is 1. The van der Waals surface area contributed by atoms with Crippen molar-refractivity contribution in [1.82, 2.24) is 0 Å². The molecule has 0 aromatic heterocycles. The molecule has 0 aliphatic carbocycles. The summed E-state index contributed by atoms with van der Waals surface area (Å²) in [6.45, 7) is 5.49. The lowest BCUT2D eigenvalue weighted by Crippen LogP contribution is -2.13. The van der Waals surface area contributed by atoms with Crippen molar-refractivity contribution in [3.05, 3.63) is 53.8 Å². The molecule has 0 unspecified atom stereocenters. The molecule has 0 spiro atoms. The SMILES string of the molecule is C=C=C(CC(=O)OCC)C(=O)OCc1ccccc1. The quantitative estimate of drug-likeness (QED) is 0.447. The van der Waals surface area contributed by atoms with Crippen molar-refractivity contribution >= 4 is 11.9 Å². The second kappa shape index (κ2) is 7.90. The molecule has 0 N–H and O–H groups in total. The van der Waals surface area contributed by atoms with Gasteiger partial charge in [0.05, 0.1) is 18.6 Å². The van der Waals surface area contributed by atoms with Gasteiger partial charge in [-0.05, 0) is 12.5 Å². The number of carbonyl (C=O) groups is 2. The Balaban J connectivity index is 2.51. The summed E-state index contributed by atoms with van der Waals surface area (Å²) >= 11 is 0. The normalized spacial score (nSPS) is 9.32. The van der Waals surface area contributed by atoms with Gasteiger partial charge in [0.1, 0.15) is 6.61 Å². The van der Waals surface area contributed by atoms with Crippen molar-refractivity contribution in [3.8, 4) is 0 Å². The molecule has 0 amide bonds. The molecule has 0 heterocycles. The fourth-order valence-corrected chi connectivity index (χ4v) is 1.37. The molecule has 0 saturated carbocycles. The van der Waals surface area contributed by atoms with E-state index in [-0.39, 0.29) is 25.2 Å². The highest BCUT2D eigenvalue weighted by Gasteiger charge is 2.15. The molecule has 1 rings (SSSR count). The predicted molar refractivity (Wildman–Crippen MR) is 70.1 cm³/mol. The Morgan fingerprint density at radius 1 is 1.21 bits per heavy atom. The van der Waals surface area contributed by atoms with Gasteiger partial charge < -0.3 is 9.47 Å². The van der Waals surface area contributed by atoms with E-state index >= 15 is 0 Å². The van der Waals surface area contributed by atoms with Gasteiger partial charge in [-0.15, -0.1) is 5.73 Å². The van der Waals surface area contributed by atoms with Crippen molar-refractivity contribution in [1.29, 1.82) is 0 Å². The summed E-state index contributed by atoms with van der Waals surface area (Å²) in [6.07, 6.45) is -0.176. The second-order valence-electron chi connectivity index (χ2n) is 3.70. The minimum atomic E-state index is -0.605. The van der Waals surface area contributed by atoms with Crippen molar-refractivity contribution in [2.24, 2.45) is 0 Å². The van der Waals surface area contributed by atoms with Crippen LogP contribution in [0.1, 0.15) is 18.9 Å². The topological polar surface area (TPSA) is 52.6 Å². The van der Waals surface area contributed by atoms with Gasteiger partial charge in [-0.3, -0.25) is 4.79 Å². The molecule has 19 heavy (non-hydrogen) atoms. The first-order chi connectivity index (χ1) is 9.17. The van der Waals surface area contributed by atoms with Gasteiger partial charge in [0, 0.05) is 0 Å². The Bertz CT molecular complexity index is 484. The Hall–Kier alpha value is -2.32. The van der Waals surface area contributed by atoms with E-state index < -0.39 is 11.9 Å². The Morgan fingerprint density at radius 2 is 1.89 bits per heavy atom. The molecule has 0 saturated heterocycles. The number of ether oxygens (including phenoxy) is 2. The van der Waals surface area contributed by atoms with E-state index in [1.807, 2.05) is 30.3 Å². The lowest BCUT2D eigenvalue weighted by molar-refractivity contribution is -0.146. The number of rotatable bonds is 6. The van der Waals surface area contributed by atoms with E-state index in [1.54, 1.807) is 6.92 Å². The van der Waals surface area contributed by atoms with Gasteiger partial charge in [-0.2, -0.15) is 0 Å². The van der Waals surface area contributed by atoms with E-state index in [1.165, 1.54) is 0 Å². The Kier molecular flexibility index (Phi) is 6.13. The van der Waals surface area contributed by atoms with Gasteiger partial charge in [0.2, 0.25) is 0 Å². The third-order valence-corrected chi connectivity index (χ3v) is 2.30. The van der Waals surface area contributed by atoms with Crippen LogP contribution in [-0.4, -0.2) is 18.5 Å². The fourth-order valence-electron chi connectivity index (χ4n) is 1.37. The first-order valence-corrected chi connectivity index (χ1v) is 5.93. The van der Waals surface area contributed by atoms with Crippen LogP contribution in [0.2, 0.25) is 0 Å². The zero-order valence-electron chi connectivity index (χ0n) is 10.8. The van der Waals surface area contributed by atoms with Gasteiger partial charge in [-0.25, -0.2) is 4.79 Å². The van der Waals surface area contributed by atoms with Gasteiger partial charge in [-0.1, -0.05) is 36.9 Å². The van der Waals surface area contributed by atoms with Crippen LogP contribution in [0, 0.1) is 0 Å². The van der Waals surface area contributed by atoms with Crippen molar-refractivity contribution in [2.75, 3.05) is 6.61 Å². The average molecular weight is 260 g/mol. The van der Waals surface area contributed by atoms with Crippen molar-refractivity contribution in [2.45, 2.75) is 20.0 Å². The molecule has 0 aliphatic rings. The maximum Gasteiger partial charge on any atom is 0.342 e. The third kappa shape index (κ3) is 5.23. The summed E-state index contributed by atoms with van der Waals surface area (Å²) in [6, 6.07) is 9.27. The van der Waals surface area contributed by atoms with Crippen LogP contribution >= 0.6 is 0 Å². The van der Waals surface area contributed by atoms with E-state index in [9.17, 15) is 9.59 Å². The standard InChI is InChI=1S/C15H16O4/c1-3-13(10-14(16)18-4-2)15(17)19-11-12-8-6-5-7-9-12/h5-9H,1,4,10-11H2,2H3. The minimum Gasteiger partial charge on any atom is -0.466 e. The molecule has 0 fully saturated rings. The van der Waals surface area contributed by atoms with Crippen LogP contribution < -0.4 is 0 Å². The highest BCUT2D eigenvalue weighted by atomic mass is 16.5. The summed E-state index contributed by atoms with van der Waals surface area (Å²) in [5.74, 6) is -1.10. The molecule has 4 nitrogen and oxygen atoms in total. The van der Waals surface area contributed by atoms with Crippen molar-refractivity contribution < 1.29 is 19.1 Å². The van der Waals surface area contributed by atoms with Crippen LogP contribution in [0.5, 0.6) is 0 Å². The molecule has 0 aliphatic heterocycles. The Morgan fingerprint density at radius 3 is 2.47 bits per heavy atom. The average Bonchev–Trinajstić information content (AvgIpc) is 2.43. The number of esters is 2. The largest absolute Gasteiger partial charge is 0.466 e. The molecular formula is C15H16O4. The number of hydrogen-bond donors (Lipinski definition) is 0. The van der Waals surface area contributed by atoms with Gasteiger partial charge in [0.15, 0.2) is 0 Å². The summed E-state index contributed by atoms with van der Waals surface area (Å²) in [4.78, 5) is 23.0. The van der Waals surface area contributed by atoms with E-state index in [4.69, 9.17) is 9.47 Å². The smallest absolute Gasteiger partial charge is 0.342 e. The first-order valence-electron chi connectivity index (χ1n) is 5.93. The summed E-state index contributed by atoms with van der Waals surface area (Å²) in [7, 11) is 0. The predicted octanol–water partition coefficient (Wildman–Crippen LogP) is 2.39. The maximum atomic E-state index is 11.7. The molecule has 4 heteroatoms. The lowest BCUT2D eigenvalue weighted by Gasteiger charge is -2.06. The lowest BCUT2D eigenvalue weighted by atomic mass is 10.2. The molecule has 1 aromatic carbocycles. The Labute approximate surface area is 112 Å². The second-order valence-corrected chi connectivity index (χ2v) is 3.70. The fraction of sp³-hybridized carbons (Fsp3) is 0.267. The first kappa shape index (κ1) is 14.7. The minimum absolute atomic E-state index is 0.0781. The monoisotopic (exact) mass is 260 g/mol. The molecular weight excluding hydrogens is 244 g/mol. The van der Waals surface area contributed by atoms with Crippen LogP contribution in [-0.2, 0) is 25.7 Å². The van der Waals surface area contributed by atoms with Crippen LogP contribution in [0.3, 0.4) is 0 Å². The third-order valence-electron chi connectivity index (χ3n) is 2.30. The number of hydrogen-bond acceptors (Lipinski definition) is 4. The van der Waals surface area contributed by atoms with E-state index in [0.717, 1.165) is 5.56 Å². The zero-order chi connectivity index (χ0) is 14.1. The molecule has 0 atom stereocenters. The van der Waals surface area contributed by atoms with E-state index in [0.29, 0.717) is 0 Å². The number of carbonyl (C=O) groups excluding carboxylic acids is 2. The van der Waals surface area contributed by atoms with Crippen LogP contribution in [0.15, 0.2) is 48.2 Å². The molecule has 0 bridgehead atoms. The summed E-state index contributed by atoms with van der Waals surface area (Å²) < 4.78 is 9.83.